The van der Waals surface area contributed by atoms with Gasteiger partial charge < -0.3 is 5.32 Å². The minimum absolute atomic E-state index is 0.0293. The van der Waals surface area contributed by atoms with Crippen LogP contribution < -0.4 is 5.32 Å². The molecule has 2 nitrogen and oxygen atoms in total. The number of benzene rings is 1. The first kappa shape index (κ1) is 9.82. The predicted octanol–water partition coefficient (Wildman–Crippen LogP) is 2.25. The molecule has 84 valence electrons. The summed E-state index contributed by atoms with van der Waals surface area (Å²) in [6.07, 6.45) is 3.02. The maximum absolute atomic E-state index is 13.7. The van der Waals surface area contributed by atoms with E-state index in [4.69, 9.17) is 0 Å². The average molecular weight is 218 g/mol. The Balaban J connectivity index is 1.85. The number of halogens is 1. The molecule has 1 aromatic carbocycles. The molecule has 1 aliphatic heterocycles. The number of nitrogens with zero attached hydrogens (tertiary/aromatic N) is 1. The molecule has 16 heavy (non-hydrogen) atoms. The van der Waals surface area contributed by atoms with Gasteiger partial charge in [-0.1, -0.05) is 18.2 Å². The molecule has 1 heterocycles. The summed E-state index contributed by atoms with van der Waals surface area (Å²) in [5.74, 6) is 0.986. The van der Waals surface area contributed by atoms with Crippen molar-refractivity contribution >= 4 is 5.84 Å². The topological polar surface area (TPSA) is 24.4 Å². The highest BCUT2D eigenvalue weighted by Gasteiger charge is 2.46. The number of nitrogens with one attached hydrogen (secondary N) is 1. The molecule has 0 radical (unpaired) electrons. The monoisotopic (exact) mass is 218 g/mol. The molecule has 0 amide bonds. The maximum Gasteiger partial charge on any atom is 0.126 e. The highest BCUT2D eigenvalue weighted by Crippen LogP contribution is 2.51. The number of hydrogen-bond acceptors (Lipinski definition) is 2. The summed E-state index contributed by atoms with van der Waals surface area (Å²) in [5, 5.41) is 3.27. The summed E-state index contributed by atoms with van der Waals surface area (Å²) in [4.78, 5) is 4.40. The fraction of sp³-hybridized carbons (Fsp3) is 0.462. The molecule has 1 aliphatic carbocycles. The van der Waals surface area contributed by atoms with E-state index in [2.05, 4.69) is 10.3 Å². The van der Waals surface area contributed by atoms with E-state index in [0.29, 0.717) is 0 Å². The van der Waals surface area contributed by atoms with Crippen LogP contribution in [0.2, 0.25) is 0 Å². The lowest BCUT2D eigenvalue weighted by Crippen LogP contribution is -2.24. The van der Waals surface area contributed by atoms with E-state index in [1.54, 1.807) is 12.1 Å². The van der Waals surface area contributed by atoms with Crippen molar-refractivity contribution in [3.8, 4) is 0 Å². The Kier molecular flexibility index (Phi) is 2.20. The van der Waals surface area contributed by atoms with Gasteiger partial charge in [0, 0.05) is 18.4 Å². The maximum atomic E-state index is 13.7. The Morgan fingerprint density at radius 3 is 2.75 bits per heavy atom. The van der Waals surface area contributed by atoms with E-state index in [0.717, 1.165) is 43.8 Å². The van der Waals surface area contributed by atoms with Gasteiger partial charge in [0.05, 0.1) is 12.4 Å². The van der Waals surface area contributed by atoms with E-state index in [1.165, 1.54) is 0 Å². The quantitative estimate of drug-likeness (QED) is 0.826. The van der Waals surface area contributed by atoms with Crippen LogP contribution in [0.5, 0.6) is 0 Å². The summed E-state index contributed by atoms with van der Waals surface area (Å²) < 4.78 is 13.7. The third kappa shape index (κ3) is 1.60. The van der Waals surface area contributed by atoms with Crippen molar-refractivity contribution in [1.82, 2.24) is 5.32 Å². The van der Waals surface area contributed by atoms with E-state index in [1.807, 2.05) is 12.1 Å². The van der Waals surface area contributed by atoms with Crippen molar-refractivity contribution in [2.24, 2.45) is 4.99 Å². The number of hydrogen-bond donors (Lipinski definition) is 1. The SMILES string of the molecule is Fc1ccccc1C1(CC2=NCCN2)CC1. The molecule has 0 unspecified atom stereocenters. The van der Waals surface area contributed by atoms with Gasteiger partial charge in [-0.05, 0) is 24.5 Å². The van der Waals surface area contributed by atoms with Gasteiger partial charge >= 0.3 is 0 Å². The van der Waals surface area contributed by atoms with Crippen LogP contribution in [0.15, 0.2) is 29.3 Å². The number of rotatable bonds is 3. The summed E-state index contributed by atoms with van der Waals surface area (Å²) in [6, 6.07) is 7.14. The fourth-order valence-electron chi connectivity index (χ4n) is 2.47. The smallest absolute Gasteiger partial charge is 0.126 e. The van der Waals surface area contributed by atoms with Gasteiger partial charge in [-0.25, -0.2) is 4.39 Å². The Labute approximate surface area is 94.6 Å². The van der Waals surface area contributed by atoms with E-state index < -0.39 is 0 Å². The largest absolute Gasteiger partial charge is 0.372 e. The molecule has 1 fully saturated rings. The van der Waals surface area contributed by atoms with Crippen molar-refractivity contribution in [3.63, 3.8) is 0 Å². The highest BCUT2D eigenvalue weighted by molar-refractivity contribution is 5.85. The first-order valence-electron chi connectivity index (χ1n) is 5.82. The van der Waals surface area contributed by atoms with Gasteiger partial charge in [-0.3, -0.25) is 4.99 Å². The van der Waals surface area contributed by atoms with Gasteiger partial charge in [0.2, 0.25) is 0 Å². The lowest BCUT2D eigenvalue weighted by Gasteiger charge is -2.16. The lowest BCUT2D eigenvalue weighted by molar-refractivity contribution is 0.575. The zero-order valence-electron chi connectivity index (χ0n) is 9.17. The van der Waals surface area contributed by atoms with Crippen molar-refractivity contribution in [1.29, 1.82) is 0 Å². The second-order valence-corrected chi connectivity index (χ2v) is 4.69. The summed E-state index contributed by atoms with van der Waals surface area (Å²) in [6.45, 7) is 1.80. The molecular weight excluding hydrogens is 203 g/mol. The molecule has 3 heteroatoms. The van der Waals surface area contributed by atoms with Crippen molar-refractivity contribution in [3.05, 3.63) is 35.6 Å². The van der Waals surface area contributed by atoms with Crippen LogP contribution >= 0.6 is 0 Å². The Morgan fingerprint density at radius 2 is 2.12 bits per heavy atom. The Bertz CT molecular complexity index is 435. The molecule has 0 atom stereocenters. The van der Waals surface area contributed by atoms with E-state index in [-0.39, 0.29) is 11.2 Å². The average Bonchev–Trinajstić information content (AvgIpc) is 2.87. The second-order valence-electron chi connectivity index (χ2n) is 4.69. The van der Waals surface area contributed by atoms with Crippen LogP contribution in [0.1, 0.15) is 24.8 Å². The first-order valence-corrected chi connectivity index (χ1v) is 5.82. The minimum atomic E-state index is -0.0707. The molecular formula is C13H15FN2. The van der Waals surface area contributed by atoms with Gasteiger partial charge in [0.1, 0.15) is 5.82 Å². The zero-order chi connectivity index (χ0) is 11.0. The first-order chi connectivity index (χ1) is 7.80. The Morgan fingerprint density at radius 1 is 1.31 bits per heavy atom. The third-order valence-electron chi connectivity index (χ3n) is 3.55. The van der Waals surface area contributed by atoms with Crippen LogP contribution in [-0.4, -0.2) is 18.9 Å². The fourth-order valence-corrected chi connectivity index (χ4v) is 2.47. The summed E-state index contributed by atoms with van der Waals surface area (Å²) in [7, 11) is 0. The Hall–Kier alpha value is -1.38. The van der Waals surface area contributed by atoms with Crippen LogP contribution in [0.4, 0.5) is 4.39 Å². The molecule has 0 spiro atoms. The van der Waals surface area contributed by atoms with Gasteiger partial charge in [-0.15, -0.1) is 0 Å². The second kappa shape index (κ2) is 3.58. The van der Waals surface area contributed by atoms with Crippen LogP contribution in [0.25, 0.3) is 0 Å². The standard InChI is InChI=1S/C13H15FN2/c14-11-4-2-1-3-10(11)13(5-6-13)9-12-15-7-8-16-12/h1-4H,5-9H2,(H,15,16). The van der Waals surface area contributed by atoms with E-state index in [9.17, 15) is 4.39 Å². The lowest BCUT2D eigenvalue weighted by atomic mass is 9.91. The minimum Gasteiger partial charge on any atom is -0.372 e. The van der Waals surface area contributed by atoms with Gasteiger partial charge in [-0.2, -0.15) is 0 Å². The van der Waals surface area contributed by atoms with Gasteiger partial charge in [0.15, 0.2) is 0 Å². The molecule has 1 aromatic rings. The third-order valence-corrected chi connectivity index (χ3v) is 3.55. The van der Waals surface area contributed by atoms with E-state index >= 15 is 0 Å². The van der Waals surface area contributed by atoms with Crippen LogP contribution in [0, 0.1) is 5.82 Å². The van der Waals surface area contributed by atoms with Crippen molar-refractivity contribution in [2.45, 2.75) is 24.7 Å². The molecule has 0 saturated heterocycles. The summed E-state index contributed by atoms with van der Waals surface area (Å²) in [5.41, 5.74) is 0.896. The molecule has 2 aliphatic rings. The molecule has 1 N–H and O–H groups in total. The molecule has 3 rings (SSSR count). The van der Waals surface area contributed by atoms with Gasteiger partial charge in [0.25, 0.3) is 0 Å². The zero-order valence-corrected chi connectivity index (χ0v) is 9.17. The van der Waals surface area contributed by atoms with Crippen LogP contribution in [0.3, 0.4) is 0 Å². The number of amidine groups is 1. The normalized spacial score (nSPS) is 21.4. The molecule has 0 bridgehead atoms. The highest BCUT2D eigenvalue weighted by atomic mass is 19.1. The molecule has 0 aromatic heterocycles. The van der Waals surface area contributed by atoms with Crippen LogP contribution in [-0.2, 0) is 5.41 Å². The van der Waals surface area contributed by atoms with Crippen molar-refractivity contribution < 1.29 is 4.39 Å². The number of aliphatic imine (C=N–C) groups is 1. The van der Waals surface area contributed by atoms with Crippen molar-refractivity contribution in [2.75, 3.05) is 13.1 Å². The predicted molar refractivity (Wildman–Crippen MR) is 62.2 cm³/mol. The summed E-state index contributed by atoms with van der Waals surface area (Å²) >= 11 is 0. The molecule has 1 saturated carbocycles.